The summed E-state index contributed by atoms with van der Waals surface area (Å²) in [6.45, 7) is 2.02. The molecule has 166 valence electrons. The molecule has 2 aromatic rings. The van der Waals surface area contributed by atoms with Gasteiger partial charge >= 0.3 is 6.18 Å². The maximum absolute atomic E-state index is 13.3. The van der Waals surface area contributed by atoms with Crippen LogP contribution in [0.2, 0.25) is 0 Å². The highest BCUT2D eigenvalue weighted by molar-refractivity contribution is 6.03. The van der Waals surface area contributed by atoms with Crippen molar-refractivity contribution in [1.29, 1.82) is 0 Å². The van der Waals surface area contributed by atoms with Crippen molar-refractivity contribution in [2.45, 2.75) is 37.9 Å². The molecule has 4 rings (SSSR count). The highest BCUT2D eigenvalue weighted by Crippen LogP contribution is 2.39. The van der Waals surface area contributed by atoms with Gasteiger partial charge in [0.2, 0.25) is 0 Å². The van der Waals surface area contributed by atoms with Crippen LogP contribution in [-0.4, -0.2) is 49.0 Å². The Kier molecular flexibility index (Phi) is 5.92. The van der Waals surface area contributed by atoms with E-state index >= 15 is 0 Å². The number of ether oxygens (including phenoxy) is 1. The number of nitrogens with zero attached hydrogens (tertiary/aromatic N) is 2. The molecule has 0 bridgehead atoms. The average molecular weight is 433 g/mol. The van der Waals surface area contributed by atoms with Crippen LogP contribution < -0.4 is 10.1 Å². The minimum Gasteiger partial charge on any atom is -0.495 e. The zero-order chi connectivity index (χ0) is 22.2. The number of halogens is 3. The predicted molar refractivity (Wildman–Crippen MR) is 112 cm³/mol. The maximum atomic E-state index is 13.3. The van der Waals surface area contributed by atoms with Crippen molar-refractivity contribution in [2.24, 2.45) is 5.92 Å². The van der Waals surface area contributed by atoms with Crippen LogP contribution >= 0.6 is 0 Å². The molecule has 0 spiro atoms. The molecule has 1 fully saturated rings. The Hall–Kier alpha value is -2.61. The molecule has 2 aliphatic rings. The summed E-state index contributed by atoms with van der Waals surface area (Å²) in [6.07, 6.45) is -0.774. The summed E-state index contributed by atoms with van der Waals surface area (Å²) in [5, 5.41) is 3.53. The summed E-state index contributed by atoms with van der Waals surface area (Å²) in [4.78, 5) is 19.2. The van der Waals surface area contributed by atoms with E-state index in [9.17, 15) is 18.0 Å². The summed E-state index contributed by atoms with van der Waals surface area (Å²) in [5.74, 6) is -0.132. The molecule has 1 aromatic heterocycles. The molecule has 0 saturated carbocycles. The van der Waals surface area contributed by atoms with E-state index in [1.807, 2.05) is 6.07 Å². The number of aromatic nitrogens is 1. The van der Waals surface area contributed by atoms with E-state index in [0.29, 0.717) is 23.8 Å². The molecule has 0 amide bonds. The first-order valence-corrected chi connectivity index (χ1v) is 10.5. The topological polar surface area (TPSA) is 54.5 Å². The van der Waals surface area contributed by atoms with E-state index in [4.69, 9.17) is 4.74 Å². The first-order chi connectivity index (χ1) is 14.8. The Balaban J connectivity index is 1.55. The lowest BCUT2D eigenvalue weighted by Crippen LogP contribution is -2.36. The van der Waals surface area contributed by atoms with Crippen molar-refractivity contribution < 1.29 is 22.7 Å². The van der Waals surface area contributed by atoms with E-state index in [2.05, 4.69) is 22.2 Å². The maximum Gasteiger partial charge on any atom is 0.418 e. The van der Waals surface area contributed by atoms with Gasteiger partial charge in [0, 0.05) is 30.1 Å². The number of carbonyl (C=O) groups is 1. The van der Waals surface area contributed by atoms with Crippen LogP contribution in [0.1, 0.15) is 40.0 Å². The first-order valence-electron chi connectivity index (χ1n) is 10.5. The van der Waals surface area contributed by atoms with E-state index in [1.165, 1.54) is 12.3 Å². The van der Waals surface area contributed by atoms with Crippen LogP contribution in [0.25, 0.3) is 0 Å². The Morgan fingerprint density at radius 1 is 1.26 bits per heavy atom. The fraction of sp³-hybridized carbons (Fsp3) is 0.478. The summed E-state index contributed by atoms with van der Waals surface area (Å²) in [7, 11) is 3.66. The van der Waals surface area contributed by atoms with Gasteiger partial charge < -0.3 is 15.0 Å². The van der Waals surface area contributed by atoms with Gasteiger partial charge in [-0.25, -0.2) is 0 Å². The SMILES string of the molecule is COc1cc2c(cc1NC1CCN(C)CC1)CC(Cc1ncccc1C(F)(F)F)C2=O. The summed E-state index contributed by atoms with van der Waals surface area (Å²) in [6, 6.07) is 6.25. The van der Waals surface area contributed by atoms with Crippen molar-refractivity contribution in [1.82, 2.24) is 9.88 Å². The predicted octanol–water partition coefficient (Wildman–Crippen LogP) is 4.21. The summed E-state index contributed by atoms with van der Waals surface area (Å²) < 4.78 is 45.5. The van der Waals surface area contributed by atoms with Crippen molar-refractivity contribution in [2.75, 3.05) is 32.6 Å². The Bertz CT molecular complexity index is 969. The third-order valence-corrected chi connectivity index (χ3v) is 6.24. The second-order valence-corrected chi connectivity index (χ2v) is 8.40. The van der Waals surface area contributed by atoms with Crippen molar-refractivity contribution >= 4 is 11.5 Å². The highest BCUT2D eigenvalue weighted by atomic mass is 19.4. The lowest BCUT2D eigenvalue weighted by atomic mass is 9.96. The van der Waals surface area contributed by atoms with Crippen molar-refractivity contribution in [3.8, 4) is 5.75 Å². The molecule has 1 aliphatic carbocycles. The Morgan fingerprint density at radius 2 is 2.00 bits per heavy atom. The lowest BCUT2D eigenvalue weighted by Gasteiger charge is -2.30. The smallest absolute Gasteiger partial charge is 0.418 e. The third-order valence-electron chi connectivity index (χ3n) is 6.24. The number of methoxy groups -OCH3 is 1. The van der Waals surface area contributed by atoms with Gasteiger partial charge in [0.05, 0.1) is 24.1 Å². The number of likely N-dealkylation sites (tertiary alicyclic amines) is 1. The third kappa shape index (κ3) is 4.54. The fourth-order valence-corrected chi connectivity index (χ4v) is 4.51. The number of hydrogen-bond donors (Lipinski definition) is 1. The quantitative estimate of drug-likeness (QED) is 0.766. The summed E-state index contributed by atoms with van der Waals surface area (Å²) in [5.41, 5.74) is 1.34. The molecule has 1 aliphatic heterocycles. The van der Waals surface area contributed by atoms with Crippen molar-refractivity contribution in [3.63, 3.8) is 0 Å². The van der Waals surface area contributed by atoms with E-state index in [0.717, 1.165) is 43.2 Å². The van der Waals surface area contributed by atoms with Crippen LogP contribution in [0.15, 0.2) is 30.5 Å². The van der Waals surface area contributed by atoms with Gasteiger partial charge in [-0.3, -0.25) is 9.78 Å². The fourth-order valence-electron chi connectivity index (χ4n) is 4.51. The number of benzene rings is 1. The molecule has 5 nitrogen and oxygen atoms in total. The molecule has 1 unspecified atom stereocenters. The summed E-state index contributed by atoms with van der Waals surface area (Å²) >= 11 is 0. The van der Waals surface area contributed by atoms with Gasteiger partial charge in [-0.05, 0) is 69.2 Å². The molecular weight excluding hydrogens is 407 g/mol. The van der Waals surface area contributed by atoms with E-state index < -0.39 is 17.7 Å². The number of fused-ring (bicyclic) bond motifs is 1. The zero-order valence-corrected chi connectivity index (χ0v) is 17.6. The van der Waals surface area contributed by atoms with E-state index in [1.54, 1.807) is 13.2 Å². The molecule has 31 heavy (non-hydrogen) atoms. The first kappa shape index (κ1) is 21.6. The minimum atomic E-state index is -4.49. The lowest BCUT2D eigenvalue weighted by molar-refractivity contribution is -0.138. The number of pyridine rings is 1. The van der Waals surface area contributed by atoms with Crippen LogP contribution in [0, 0.1) is 5.92 Å². The molecule has 8 heteroatoms. The zero-order valence-electron chi connectivity index (χ0n) is 17.6. The van der Waals surface area contributed by atoms with Crippen molar-refractivity contribution in [3.05, 3.63) is 52.8 Å². The number of piperidine rings is 1. The number of hydrogen-bond acceptors (Lipinski definition) is 5. The largest absolute Gasteiger partial charge is 0.495 e. The van der Waals surface area contributed by atoms with Gasteiger partial charge in [0.25, 0.3) is 0 Å². The normalized spacial score (nSPS) is 20.0. The number of carbonyl (C=O) groups excluding carboxylic acids is 1. The molecule has 1 N–H and O–H groups in total. The highest BCUT2D eigenvalue weighted by Gasteiger charge is 2.37. The van der Waals surface area contributed by atoms with Gasteiger partial charge in [0.1, 0.15) is 5.75 Å². The van der Waals surface area contributed by atoms with Crippen LogP contribution in [-0.2, 0) is 19.0 Å². The van der Waals surface area contributed by atoms with E-state index in [-0.39, 0.29) is 17.9 Å². The minimum absolute atomic E-state index is 0.0385. The number of rotatable bonds is 5. The number of anilines is 1. The number of nitrogens with one attached hydrogen (secondary N) is 1. The van der Waals surface area contributed by atoms with Gasteiger partial charge in [-0.15, -0.1) is 0 Å². The number of Topliss-reactive ketones (excluding diaryl/α,β-unsaturated/α-hetero) is 1. The number of alkyl halides is 3. The van der Waals surface area contributed by atoms with Crippen LogP contribution in [0.4, 0.5) is 18.9 Å². The van der Waals surface area contributed by atoms with Gasteiger partial charge in [0.15, 0.2) is 5.78 Å². The molecule has 1 atom stereocenters. The second-order valence-electron chi connectivity index (χ2n) is 8.40. The van der Waals surface area contributed by atoms with Gasteiger partial charge in [-0.2, -0.15) is 13.2 Å². The van der Waals surface area contributed by atoms with Gasteiger partial charge in [-0.1, -0.05) is 0 Å². The average Bonchev–Trinajstić information content (AvgIpc) is 3.03. The number of ketones is 1. The molecule has 1 saturated heterocycles. The molecule has 0 radical (unpaired) electrons. The van der Waals surface area contributed by atoms with Crippen LogP contribution in [0.5, 0.6) is 5.75 Å². The molecule has 2 heterocycles. The Labute approximate surface area is 179 Å². The van der Waals surface area contributed by atoms with Crippen LogP contribution in [0.3, 0.4) is 0 Å². The molecular formula is C23H26F3N3O2. The Morgan fingerprint density at radius 3 is 2.68 bits per heavy atom. The second kappa shape index (κ2) is 8.49. The monoisotopic (exact) mass is 433 g/mol. The molecule has 1 aromatic carbocycles. The standard InChI is InChI=1S/C23H26F3N3O2/c1-29-8-5-16(6-9-29)28-20-11-14-10-15(22(30)17(14)13-21(20)31-2)12-19-18(23(24,25)26)4-3-7-27-19/h3-4,7,11,13,15-16,28H,5-6,8-10,12H2,1-2H3.